The summed E-state index contributed by atoms with van der Waals surface area (Å²) in [6.07, 6.45) is 5.26. The second-order valence-electron chi connectivity index (χ2n) is 5.59. The maximum Gasteiger partial charge on any atom is 0.333 e. The first kappa shape index (κ1) is 21.3. The Morgan fingerprint density at radius 2 is 1.65 bits per heavy atom. The van der Waals surface area contributed by atoms with Crippen molar-refractivity contribution in [2.45, 2.75) is 26.2 Å². The molecule has 0 atom stereocenters. The van der Waals surface area contributed by atoms with Gasteiger partial charge in [0.25, 0.3) is 0 Å². The van der Waals surface area contributed by atoms with Gasteiger partial charge in [-0.3, -0.25) is 0 Å². The predicted molar refractivity (Wildman–Crippen MR) is 99.2 cm³/mol. The van der Waals surface area contributed by atoms with E-state index in [4.69, 9.17) is 18.9 Å². The lowest BCUT2D eigenvalue weighted by molar-refractivity contribution is -0.139. The zero-order valence-corrected chi connectivity index (χ0v) is 15.6. The van der Waals surface area contributed by atoms with E-state index in [1.165, 1.54) is 6.08 Å². The van der Waals surface area contributed by atoms with Crippen LogP contribution >= 0.6 is 0 Å². The molecule has 0 fully saturated rings. The van der Waals surface area contributed by atoms with E-state index < -0.39 is 5.97 Å². The molecule has 1 aromatic carbocycles. The van der Waals surface area contributed by atoms with Crippen molar-refractivity contribution in [3.8, 4) is 11.5 Å². The van der Waals surface area contributed by atoms with Crippen LogP contribution in [0.25, 0.3) is 6.08 Å². The Morgan fingerprint density at radius 3 is 2.27 bits per heavy atom. The molecule has 0 aromatic heterocycles. The fourth-order valence-electron chi connectivity index (χ4n) is 2.01. The van der Waals surface area contributed by atoms with Gasteiger partial charge in [-0.1, -0.05) is 12.6 Å². The molecular weight excluding hydrogens is 336 g/mol. The summed E-state index contributed by atoms with van der Waals surface area (Å²) in [5.74, 6) is 0.432. The Morgan fingerprint density at radius 1 is 1.00 bits per heavy atom. The van der Waals surface area contributed by atoms with Crippen molar-refractivity contribution in [2.75, 3.05) is 27.4 Å². The fourth-order valence-corrected chi connectivity index (χ4v) is 2.01. The minimum absolute atomic E-state index is 0.323. The van der Waals surface area contributed by atoms with Crippen LogP contribution in [0, 0.1) is 0 Å². The Hall–Kier alpha value is -2.76. The molecule has 0 radical (unpaired) electrons. The smallest absolute Gasteiger partial charge is 0.333 e. The van der Waals surface area contributed by atoms with E-state index in [9.17, 15) is 9.59 Å². The molecule has 6 heteroatoms. The molecule has 1 rings (SSSR count). The van der Waals surface area contributed by atoms with Gasteiger partial charge in [0.1, 0.15) is 0 Å². The molecule has 0 amide bonds. The van der Waals surface area contributed by atoms with E-state index in [0.717, 1.165) is 18.4 Å². The average Bonchev–Trinajstić information content (AvgIpc) is 2.64. The fraction of sp³-hybridized carbons (Fsp3) is 0.400. The molecule has 0 bridgehead atoms. The van der Waals surface area contributed by atoms with E-state index in [0.29, 0.717) is 36.7 Å². The van der Waals surface area contributed by atoms with Crippen LogP contribution in [0.5, 0.6) is 11.5 Å². The first-order chi connectivity index (χ1) is 12.5. The Labute approximate surface area is 154 Å². The number of carbonyl (C=O) groups excluding carboxylic acids is 2. The van der Waals surface area contributed by atoms with Crippen LogP contribution in [0.3, 0.4) is 0 Å². The minimum Gasteiger partial charge on any atom is -0.493 e. The summed E-state index contributed by atoms with van der Waals surface area (Å²) < 4.78 is 20.5. The van der Waals surface area contributed by atoms with Crippen molar-refractivity contribution in [3.05, 3.63) is 42.0 Å². The van der Waals surface area contributed by atoms with Crippen LogP contribution in [0.2, 0.25) is 0 Å². The second-order valence-corrected chi connectivity index (χ2v) is 5.59. The van der Waals surface area contributed by atoms with Gasteiger partial charge in [-0.15, -0.1) is 0 Å². The first-order valence-electron chi connectivity index (χ1n) is 8.37. The molecule has 26 heavy (non-hydrogen) atoms. The molecule has 0 unspecified atom stereocenters. The van der Waals surface area contributed by atoms with Gasteiger partial charge < -0.3 is 18.9 Å². The zero-order chi connectivity index (χ0) is 19.4. The Kier molecular flexibility index (Phi) is 9.61. The summed E-state index contributed by atoms with van der Waals surface area (Å²) in [7, 11) is 3.12. The molecule has 0 aliphatic rings. The lowest BCUT2D eigenvalue weighted by Gasteiger charge is -2.07. The van der Waals surface area contributed by atoms with Gasteiger partial charge in [-0.05, 0) is 50.0 Å². The molecule has 0 heterocycles. The van der Waals surface area contributed by atoms with Crippen LogP contribution in [0.15, 0.2) is 36.4 Å². The molecule has 0 spiro atoms. The van der Waals surface area contributed by atoms with Crippen molar-refractivity contribution in [1.82, 2.24) is 0 Å². The molecule has 6 nitrogen and oxygen atoms in total. The molecule has 1 aromatic rings. The Bertz CT molecular complexity index is 648. The van der Waals surface area contributed by atoms with E-state index in [-0.39, 0.29) is 5.97 Å². The summed E-state index contributed by atoms with van der Waals surface area (Å²) in [5, 5.41) is 0. The van der Waals surface area contributed by atoms with E-state index in [1.54, 1.807) is 39.4 Å². The number of unbranched alkanes of at least 4 members (excludes halogenated alkanes) is 2. The van der Waals surface area contributed by atoms with Crippen LogP contribution in [0.4, 0.5) is 0 Å². The minimum atomic E-state index is -0.409. The summed E-state index contributed by atoms with van der Waals surface area (Å²) in [5.41, 5.74) is 1.19. The first-order valence-corrected chi connectivity index (χ1v) is 8.37. The lowest BCUT2D eigenvalue weighted by atomic mass is 10.2. The van der Waals surface area contributed by atoms with Gasteiger partial charge >= 0.3 is 11.9 Å². The maximum atomic E-state index is 11.7. The van der Waals surface area contributed by atoms with Crippen molar-refractivity contribution in [3.63, 3.8) is 0 Å². The number of carbonyl (C=O) groups is 2. The quantitative estimate of drug-likeness (QED) is 0.341. The highest BCUT2D eigenvalue weighted by atomic mass is 16.5. The van der Waals surface area contributed by atoms with Gasteiger partial charge in [0.2, 0.25) is 0 Å². The number of ether oxygens (including phenoxy) is 4. The summed E-state index contributed by atoms with van der Waals surface area (Å²) in [6, 6.07) is 5.36. The predicted octanol–water partition coefficient (Wildman–Crippen LogP) is 3.55. The third-order valence-corrected chi connectivity index (χ3v) is 3.43. The zero-order valence-electron chi connectivity index (χ0n) is 15.6. The van der Waals surface area contributed by atoms with Crippen LogP contribution in [0.1, 0.15) is 31.7 Å². The average molecular weight is 362 g/mol. The third kappa shape index (κ3) is 7.88. The highest BCUT2D eigenvalue weighted by molar-refractivity contribution is 5.87. The molecule has 0 aliphatic carbocycles. The highest BCUT2D eigenvalue weighted by Crippen LogP contribution is 2.27. The number of rotatable bonds is 11. The molecule has 0 aliphatic heterocycles. The number of esters is 2. The molecule has 142 valence electrons. The molecule has 0 saturated carbocycles. The molecule has 0 N–H and O–H groups in total. The summed E-state index contributed by atoms with van der Waals surface area (Å²) >= 11 is 0. The summed E-state index contributed by atoms with van der Waals surface area (Å²) in [4.78, 5) is 22.9. The van der Waals surface area contributed by atoms with Crippen molar-refractivity contribution < 1.29 is 28.5 Å². The van der Waals surface area contributed by atoms with E-state index in [2.05, 4.69) is 6.58 Å². The molecular formula is C20H26O6. The lowest BCUT2D eigenvalue weighted by Crippen LogP contribution is -2.07. The number of hydrogen-bond donors (Lipinski definition) is 0. The number of methoxy groups -OCH3 is 2. The maximum absolute atomic E-state index is 11.7. The van der Waals surface area contributed by atoms with Crippen LogP contribution in [-0.4, -0.2) is 39.4 Å². The summed E-state index contributed by atoms with van der Waals surface area (Å²) in [6.45, 7) is 5.79. The largest absolute Gasteiger partial charge is 0.493 e. The third-order valence-electron chi connectivity index (χ3n) is 3.43. The van der Waals surface area contributed by atoms with Crippen molar-refractivity contribution >= 4 is 18.0 Å². The second kappa shape index (κ2) is 11.7. The molecule has 0 saturated heterocycles. The van der Waals surface area contributed by atoms with Crippen LogP contribution in [-0.2, 0) is 19.1 Å². The van der Waals surface area contributed by atoms with Gasteiger partial charge in [-0.2, -0.15) is 0 Å². The SMILES string of the molecule is C=C(C)C(=O)OCCCCCOC(=O)/C=C/c1ccc(OC)c(OC)c1. The standard InChI is InChI=1S/C20H26O6/c1-15(2)20(22)26-13-7-5-6-12-25-19(21)11-9-16-8-10-17(23-3)18(14-16)24-4/h8-11,14H,1,5-7,12-13H2,2-4H3/b11-9+. The van der Waals surface area contributed by atoms with E-state index >= 15 is 0 Å². The van der Waals surface area contributed by atoms with Gasteiger partial charge in [0.05, 0.1) is 27.4 Å². The van der Waals surface area contributed by atoms with Gasteiger partial charge in [0.15, 0.2) is 11.5 Å². The Balaban J connectivity index is 2.25. The van der Waals surface area contributed by atoms with Crippen molar-refractivity contribution in [2.24, 2.45) is 0 Å². The highest BCUT2D eigenvalue weighted by Gasteiger charge is 2.04. The van der Waals surface area contributed by atoms with Gasteiger partial charge in [0, 0.05) is 11.6 Å². The number of hydrogen-bond acceptors (Lipinski definition) is 6. The van der Waals surface area contributed by atoms with Crippen molar-refractivity contribution in [1.29, 1.82) is 0 Å². The normalized spacial score (nSPS) is 10.4. The van der Waals surface area contributed by atoms with Crippen LogP contribution < -0.4 is 9.47 Å². The van der Waals surface area contributed by atoms with Gasteiger partial charge in [-0.25, -0.2) is 9.59 Å². The number of benzene rings is 1. The topological polar surface area (TPSA) is 71.1 Å². The van der Waals surface area contributed by atoms with E-state index in [1.807, 2.05) is 6.07 Å². The monoisotopic (exact) mass is 362 g/mol.